The van der Waals surface area contributed by atoms with E-state index < -0.39 is 35.0 Å². The molecule has 25 heavy (non-hydrogen) atoms. The third kappa shape index (κ3) is 4.83. The number of carbonyl (C=O) groups is 2. The van der Waals surface area contributed by atoms with Gasteiger partial charge in [0.25, 0.3) is 0 Å². The summed E-state index contributed by atoms with van der Waals surface area (Å²) in [6.07, 6.45) is -3.79. The highest BCUT2D eigenvalue weighted by Gasteiger charge is 2.46. The van der Waals surface area contributed by atoms with E-state index in [9.17, 15) is 27.2 Å². The van der Waals surface area contributed by atoms with Crippen molar-refractivity contribution in [2.75, 3.05) is 20.1 Å². The Morgan fingerprint density at radius 2 is 1.92 bits per heavy atom. The molecule has 9 heteroatoms. The molecule has 0 bridgehead atoms. The minimum absolute atomic E-state index is 0.00630. The van der Waals surface area contributed by atoms with Crippen molar-refractivity contribution in [3.63, 3.8) is 0 Å². The van der Waals surface area contributed by atoms with Crippen molar-refractivity contribution in [2.45, 2.75) is 30.9 Å². The zero-order valence-electron chi connectivity index (χ0n) is 13.5. The SMILES string of the molecule is CN(CCC(=O)O)C(=O)NCC1(c2cc(F)cc(C(F)(F)F)c2)CC1. The van der Waals surface area contributed by atoms with E-state index >= 15 is 0 Å². The van der Waals surface area contributed by atoms with E-state index in [-0.39, 0.29) is 25.1 Å². The molecule has 0 spiro atoms. The molecule has 0 aliphatic heterocycles. The molecule has 0 heterocycles. The summed E-state index contributed by atoms with van der Waals surface area (Å²) in [4.78, 5) is 23.6. The fourth-order valence-corrected chi connectivity index (χ4v) is 2.52. The van der Waals surface area contributed by atoms with Crippen molar-refractivity contribution in [1.82, 2.24) is 10.2 Å². The highest BCUT2D eigenvalue weighted by molar-refractivity contribution is 5.75. The molecule has 1 aliphatic carbocycles. The van der Waals surface area contributed by atoms with Crippen LogP contribution in [-0.2, 0) is 16.4 Å². The molecule has 1 aromatic rings. The minimum atomic E-state index is -4.65. The van der Waals surface area contributed by atoms with Gasteiger partial charge >= 0.3 is 18.2 Å². The monoisotopic (exact) mass is 362 g/mol. The van der Waals surface area contributed by atoms with Gasteiger partial charge in [0, 0.05) is 25.6 Å². The number of rotatable bonds is 6. The van der Waals surface area contributed by atoms with Gasteiger partial charge in [-0.25, -0.2) is 9.18 Å². The summed E-state index contributed by atoms with van der Waals surface area (Å²) in [5.41, 5.74) is -1.57. The van der Waals surface area contributed by atoms with Crippen LogP contribution in [0.25, 0.3) is 0 Å². The summed E-state index contributed by atoms with van der Waals surface area (Å²) >= 11 is 0. The number of hydrogen-bond donors (Lipinski definition) is 2. The van der Waals surface area contributed by atoms with Crippen LogP contribution >= 0.6 is 0 Å². The quantitative estimate of drug-likeness (QED) is 0.765. The van der Waals surface area contributed by atoms with E-state index in [0.29, 0.717) is 18.9 Å². The van der Waals surface area contributed by atoms with Crippen LogP contribution < -0.4 is 5.32 Å². The normalized spacial score (nSPS) is 15.6. The molecule has 0 aromatic heterocycles. The molecule has 0 unspecified atom stereocenters. The summed E-state index contributed by atoms with van der Waals surface area (Å²) in [5.74, 6) is -2.02. The Labute approximate surface area is 141 Å². The molecule has 0 radical (unpaired) electrons. The molecule has 2 amide bonds. The zero-order valence-corrected chi connectivity index (χ0v) is 13.5. The number of halogens is 4. The van der Waals surface area contributed by atoms with E-state index in [2.05, 4.69) is 5.32 Å². The van der Waals surface area contributed by atoms with Crippen molar-refractivity contribution in [2.24, 2.45) is 0 Å². The first kappa shape index (κ1) is 19.0. The lowest BCUT2D eigenvalue weighted by atomic mass is 9.94. The number of alkyl halides is 3. The van der Waals surface area contributed by atoms with Crippen molar-refractivity contribution in [1.29, 1.82) is 0 Å². The van der Waals surface area contributed by atoms with Gasteiger partial charge in [-0.05, 0) is 36.6 Å². The van der Waals surface area contributed by atoms with Crippen LogP contribution in [0.2, 0.25) is 0 Å². The third-order valence-electron chi connectivity index (χ3n) is 4.28. The molecule has 0 atom stereocenters. The molecule has 1 saturated carbocycles. The Kier molecular flexibility index (Phi) is 5.24. The molecular weight excluding hydrogens is 344 g/mol. The number of nitrogens with one attached hydrogen (secondary N) is 1. The van der Waals surface area contributed by atoms with Gasteiger partial charge in [-0.1, -0.05) is 0 Å². The second kappa shape index (κ2) is 6.89. The summed E-state index contributed by atoms with van der Waals surface area (Å²) in [6.45, 7) is 0.0658. The summed E-state index contributed by atoms with van der Waals surface area (Å²) in [7, 11) is 1.42. The van der Waals surface area contributed by atoms with E-state index in [1.54, 1.807) is 0 Å². The number of carboxylic acids is 1. The number of hydrogen-bond acceptors (Lipinski definition) is 2. The maximum Gasteiger partial charge on any atom is 0.416 e. The molecule has 1 fully saturated rings. The van der Waals surface area contributed by atoms with Gasteiger partial charge < -0.3 is 15.3 Å². The van der Waals surface area contributed by atoms with E-state index in [1.807, 2.05) is 0 Å². The number of carboxylic acid groups (broad SMARTS) is 1. The largest absolute Gasteiger partial charge is 0.481 e. The predicted molar refractivity (Wildman–Crippen MR) is 80.6 cm³/mol. The predicted octanol–water partition coefficient (Wildman–Crippen LogP) is 2.99. The average Bonchev–Trinajstić information content (AvgIpc) is 3.30. The first-order chi connectivity index (χ1) is 11.5. The first-order valence-corrected chi connectivity index (χ1v) is 7.62. The zero-order chi connectivity index (χ0) is 18.8. The van der Waals surface area contributed by atoms with Crippen LogP contribution in [0.4, 0.5) is 22.4 Å². The van der Waals surface area contributed by atoms with Crippen LogP contribution in [0.5, 0.6) is 0 Å². The maximum atomic E-state index is 13.6. The van der Waals surface area contributed by atoms with Crippen molar-refractivity contribution < 1.29 is 32.3 Å². The Morgan fingerprint density at radius 3 is 2.44 bits per heavy atom. The van der Waals surface area contributed by atoms with Gasteiger partial charge in [0.15, 0.2) is 0 Å². The number of aliphatic carboxylic acids is 1. The third-order valence-corrected chi connectivity index (χ3v) is 4.28. The van der Waals surface area contributed by atoms with Gasteiger partial charge in [0.1, 0.15) is 5.82 Å². The Bertz CT molecular complexity index is 672. The maximum absolute atomic E-state index is 13.6. The molecule has 1 aliphatic rings. The Hall–Kier alpha value is -2.32. The Balaban J connectivity index is 2.04. The fraction of sp³-hybridized carbons (Fsp3) is 0.500. The molecule has 2 N–H and O–H groups in total. The molecule has 2 rings (SSSR count). The molecule has 1 aromatic carbocycles. The minimum Gasteiger partial charge on any atom is -0.481 e. The lowest BCUT2D eigenvalue weighted by molar-refractivity contribution is -0.138. The van der Waals surface area contributed by atoms with Gasteiger partial charge in [-0.2, -0.15) is 13.2 Å². The number of benzene rings is 1. The first-order valence-electron chi connectivity index (χ1n) is 7.62. The summed E-state index contributed by atoms with van der Waals surface area (Å²) in [6, 6.07) is 1.89. The second-order valence-corrected chi connectivity index (χ2v) is 6.23. The molecule has 0 saturated heterocycles. The number of urea groups is 1. The lowest BCUT2D eigenvalue weighted by Gasteiger charge is -2.22. The molecular formula is C16H18F4N2O3. The highest BCUT2D eigenvalue weighted by Crippen LogP contribution is 2.48. The number of carbonyl (C=O) groups excluding carboxylic acids is 1. The lowest BCUT2D eigenvalue weighted by Crippen LogP contribution is -2.41. The van der Waals surface area contributed by atoms with Gasteiger partial charge in [-0.15, -0.1) is 0 Å². The summed E-state index contributed by atoms with van der Waals surface area (Å²) < 4.78 is 52.1. The number of nitrogens with zero attached hydrogens (tertiary/aromatic N) is 1. The van der Waals surface area contributed by atoms with Crippen LogP contribution in [-0.4, -0.2) is 42.1 Å². The van der Waals surface area contributed by atoms with Crippen molar-refractivity contribution >= 4 is 12.0 Å². The summed E-state index contributed by atoms with van der Waals surface area (Å²) in [5, 5.41) is 11.2. The van der Waals surface area contributed by atoms with E-state index in [1.165, 1.54) is 11.9 Å². The second-order valence-electron chi connectivity index (χ2n) is 6.23. The van der Waals surface area contributed by atoms with Gasteiger partial charge in [0.05, 0.1) is 12.0 Å². The van der Waals surface area contributed by atoms with E-state index in [0.717, 1.165) is 12.1 Å². The van der Waals surface area contributed by atoms with Crippen LogP contribution in [0.15, 0.2) is 18.2 Å². The fourth-order valence-electron chi connectivity index (χ4n) is 2.52. The molecule has 5 nitrogen and oxygen atoms in total. The van der Waals surface area contributed by atoms with Crippen molar-refractivity contribution in [3.8, 4) is 0 Å². The van der Waals surface area contributed by atoms with Crippen LogP contribution in [0.1, 0.15) is 30.4 Å². The average molecular weight is 362 g/mol. The smallest absolute Gasteiger partial charge is 0.416 e. The topological polar surface area (TPSA) is 69.6 Å². The number of amides is 2. The Morgan fingerprint density at radius 1 is 1.28 bits per heavy atom. The van der Waals surface area contributed by atoms with Crippen LogP contribution in [0.3, 0.4) is 0 Å². The van der Waals surface area contributed by atoms with Gasteiger partial charge in [0.2, 0.25) is 0 Å². The standard InChI is InChI=1S/C16H18F4N2O3/c1-22(5-2-13(23)24)14(25)21-9-15(3-4-15)10-6-11(16(18,19)20)8-12(17)7-10/h6-8H,2-5,9H2,1H3,(H,21,25)(H,23,24). The van der Waals surface area contributed by atoms with Crippen molar-refractivity contribution in [3.05, 3.63) is 35.1 Å². The van der Waals surface area contributed by atoms with Gasteiger partial charge in [-0.3, -0.25) is 4.79 Å². The van der Waals surface area contributed by atoms with E-state index in [4.69, 9.17) is 5.11 Å². The molecule has 138 valence electrons. The highest BCUT2D eigenvalue weighted by atomic mass is 19.4. The van der Waals surface area contributed by atoms with Crippen LogP contribution in [0, 0.1) is 5.82 Å².